The van der Waals surface area contributed by atoms with Crippen molar-refractivity contribution >= 4 is 13.8 Å². The number of hydrogen-bond acceptors (Lipinski definition) is 5. The zero-order chi connectivity index (χ0) is 27.6. The minimum atomic E-state index is -10.7. The molecule has 38 heavy (non-hydrogen) atoms. The van der Waals surface area contributed by atoms with Crippen molar-refractivity contribution in [2.75, 3.05) is 7.11 Å². The van der Waals surface area contributed by atoms with Gasteiger partial charge in [0.15, 0.2) is 0 Å². The average Bonchev–Trinajstić information content (AvgIpc) is 3.39. The molecule has 0 aliphatic heterocycles. The molecule has 0 amide bonds. The number of esters is 1. The van der Waals surface area contributed by atoms with E-state index in [1.807, 2.05) is 32.1 Å². The third-order valence-corrected chi connectivity index (χ3v) is 3.94. The Morgan fingerprint density at radius 2 is 1.03 bits per heavy atom. The molecule has 0 unspecified atom stereocenters. The first kappa shape index (κ1) is 33.1. The Bertz CT molecular complexity index is 1140. The molecule has 1 fully saturated rings. The van der Waals surface area contributed by atoms with Crippen molar-refractivity contribution in [3.8, 4) is 28.7 Å². The van der Waals surface area contributed by atoms with Gasteiger partial charge in [0.2, 0.25) is 0 Å². The molecule has 0 aromatic heterocycles. The first-order valence-corrected chi connectivity index (χ1v) is 12.3. The normalized spacial score (nSPS) is 14.1. The van der Waals surface area contributed by atoms with Gasteiger partial charge >= 0.3 is 39.0 Å². The summed E-state index contributed by atoms with van der Waals surface area (Å²) < 4.78 is 75.2. The van der Waals surface area contributed by atoms with E-state index in [0.29, 0.717) is 28.6 Å². The van der Waals surface area contributed by atoms with Crippen molar-refractivity contribution < 1.29 is 66.4 Å². The molecule has 1 aliphatic rings. The summed E-state index contributed by atoms with van der Waals surface area (Å²) in [7, 11) is -9.32. The first-order chi connectivity index (χ1) is 17.1. The molecule has 0 bridgehead atoms. The molecule has 0 saturated heterocycles. The van der Waals surface area contributed by atoms with Crippen molar-refractivity contribution in [3.05, 3.63) is 110 Å². The van der Waals surface area contributed by atoms with E-state index in [1.54, 1.807) is 66.7 Å². The Kier molecular flexibility index (Phi) is 11.5. The standard InChI is InChI=1S/C20H16O5.C5H5.F6P.Fe/c1-23-20(22)14-5-7-16(8-6-14)24-17-9-11-18(12-10-17)25-19-4-2-3-15(21)13-19;1-2-4-5-3-1;1-7(2,3,4,5)6;/h2-13,21H,1H3;1-5H;;/q;;-1;. The summed E-state index contributed by atoms with van der Waals surface area (Å²) in [6.45, 7) is 0. The van der Waals surface area contributed by atoms with E-state index < -0.39 is 7.81 Å². The number of carbonyl (C=O) groups is 1. The van der Waals surface area contributed by atoms with Crippen LogP contribution >= 0.6 is 7.81 Å². The fraction of sp³-hybridized carbons (Fsp3) is 0.0400. The first-order valence-electron chi connectivity index (χ1n) is 10.3. The number of phenolic OH excluding ortho intramolecular Hbond substituents is 1. The smallest absolute Gasteiger partial charge is 0 e. The number of halogens is 6. The maximum absolute atomic E-state index is 11.4. The van der Waals surface area contributed by atoms with Gasteiger partial charge in [-0.25, -0.2) is 4.79 Å². The minimum absolute atomic E-state index is 0. The maximum atomic E-state index is 11.4. The van der Waals surface area contributed by atoms with Crippen molar-refractivity contribution in [2.24, 2.45) is 0 Å². The van der Waals surface area contributed by atoms with Crippen LogP contribution in [0, 0.1) is 32.1 Å². The van der Waals surface area contributed by atoms with E-state index in [0.717, 1.165) is 0 Å². The van der Waals surface area contributed by atoms with Gasteiger partial charge in [0.05, 0.1) is 12.7 Å². The molecular weight excluding hydrogens is 581 g/mol. The summed E-state index contributed by atoms with van der Waals surface area (Å²) >= 11 is 0. The van der Waals surface area contributed by atoms with Gasteiger partial charge in [-0.15, -0.1) is 0 Å². The van der Waals surface area contributed by atoms with E-state index in [1.165, 1.54) is 13.2 Å². The van der Waals surface area contributed by atoms with Crippen LogP contribution in [0.3, 0.4) is 0 Å². The van der Waals surface area contributed by atoms with Crippen molar-refractivity contribution in [1.29, 1.82) is 0 Å². The van der Waals surface area contributed by atoms with Crippen LogP contribution in [0.2, 0.25) is 0 Å². The molecule has 3 aromatic carbocycles. The predicted octanol–water partition coefficient (Wildman–Crippen LogP) is 9.16. The fourth-order valence-corrected chi connectivity index (χ4v) is 2.49. The van der Waals surface area contributed by atoms with Gasteiger partial charge in [-0.2, -0.15) is 0 Å². The number of aromatic hydroxyl groups is 1. The number of rotatable bonds is 5. The second-order valence-corrected chi connectivity index (χ2v) is 9.03. The van der Waals surface area contributed by atoms with Gasteiger partial charge in [-0.1, -0.05) is 6.07 Å². The molecule has 0 spiro atoms. The van der Waals surface area contributed by atoms with Gasteiger partial charge in [0.1, 0.15) is 28.7 Å². The van der Waals surface area contributed by atoms with E-state index >= 15 is 0 Å². The largest absolute Gasteiger partial charge is 0.0312 e. The Morgan fingerprint density at radius 3 is 1.39 bits per heavy atom. The van der Waals surface area contributed by atoms with Crippen LogP contribution in [0.15, 0.2) is 72.8 Å². The molecule has 1 aliphatic carbocycles. The zero-order valence-electron chi connectivity index (χ0n) is 19.5. The van der Waals surface area contributed by atoms with Gasteiger partial charge < -0.3 is 19.3 Å². The molecule has 5 nitrogen and oxygen atoms in total. The topological polar surface area (TPSA) is 65.0 Å². The summed E-state index contributed by atoms with van der Waals surface area (Å²) in [5.41, 5.74) is 0.463. The number of hydrogen-bond donors (Lipinski definition) is 1. The van der Waals surface area contributed by atoms with Crippen LogP contribution in [0.4, 0.5) is 25.2 Å². The third-order valence-electron chi connectivity index (χ3n) is 3.94. The van der Waals surface area contributed by atoms with Gasteiger partial charge in [-0.3, -0.25) is 0 Å². The van der Waals surface area contributed by atoms with E-state index in [9.17, 15) is 35.1 Å². The van der Waals surface area contributed by atoms with E-state index in [4.69, 9.17) is 9.47 Å². The third kappa shape index (κ3) is 16.0. The van der Waals surface area contributed by atoms with Crippen LogP contribution in [-0.4, -0.2) is 18.2 Å². The van der Waals surface area contributed by atoms with Crippen molar-refractivity contribution in [3.63, 3.8) is 0 Å². The Morgan fingerprint density at radius 1 is 0.658 bits per heavy atom. The van der Waals surface area contributed by atoms with Crippen LogP contribution in [-0.2, 0) is 21.8 Å². The van der Waals surface area contributed by atoms with Crippen LogP contribution < -0.4 is 9.47 Å². The molecule has 0 atom stereocenters. The second kappa shape index (κ2) is 13.2. The molecule has 1 N–H and O–H groups in total. The number of phenols is 1. The number of methoxy groups -OCH3 is 1. The number of ether oxygens (including phenoxy) is 3. The van der Waals surface area contributed by atoms with Gasteiger partial charge in [0.25, 0.3) is 0 Å². The van der Waals surface area contributed by atoms with Gasteiger partial charge in [-0.05, 0) is 92.8 Å². The number of carbonyl (C=O) groups excluding carboxylic acids is 1. The summed E-state index contributed by atoms with van der Waals surface area (Å²) in [5.74, 6) is 2.17. The molecular formula is C25H21F6FeO5P-. The van der Waals surface area contributed by atoms with Crippen LogP contribution in [0.1, 0.15) is 10.4 Å². The number of benzene rings is 3. The van der Waals surface area contributed by atoms with E-state index in [-0.39, 0.29) is 28.8 Å². The van der Waals surface area contributed by atoms with Gasteiger partial charge in [0, 0.05) is 23.1 Å². The molecule has 4 rings (SSSR count). The second-order valence-electron chi connectivity index (χ2n) is 7.11. The zero-order valence-corrected chi connectivity index (χ0v) is 21.5. The molecule has 5 radical (unpaired) electrons. The molecule has 1 saturated carbocycles. The fourth-order valence-electron chi connectivity index (χ4n) is 2.49. The molecule has 207 valence electrons. The van der Waals surface area contributed by atoms with E-state index in [2.05, 4.69) is 4.74 Å². The average molecular weight is 602 g/mol. The maximum Gasteiger partial charge on any atom is 0 e. The monoisotopic (exact) mass is 602 g/mol. The summed E-state index contributed by atoms with van der Waals surface area (Å²) in [6.07, 6.45) is 10.0. The summed E-state index contributed by atoms with van der Waals surface area (Å²) in [5, 5.41) is 9.44. The van der Waals surface area contributed by atoms with Crippen LogP contribution in [0.5, 0.6) is 28.7 Å². The molecule has 3 aromatic rings. The Balaban J connectivity index is 0.000000460. The Hall–Kier alpha value is -2.94. The van der Waals surface area contributed by atoms with Crippen molar-refractivity contribution in [1.82, 2.24) is 0 Å². The predicted molar refractivity (Wildman–Crippen MR) is 128 cm³/mol. The molecule has 13 heteroatoms. The van der Waals surface area contributed by atoms with Crippen LogP contribution in [0.25, 0.3) is 0 Å². The summed E-state index contributed by atoms with van der Waals surface area (Å²) in [4.78, 5) is 11.4. The summed E-state index contributed by atoms with van der Waals surface area (Å²) in [6, 6.07) is 20.3. The Labute approximate surface area is 226 Å². The quantitative estimate of drug-likeness (QED) is 0.137. The van der Waals surface area contributed by atoms with Crippen molar-refractivity contribution in [2.45, 2.75) is 0 Å². The SMILES string of the molecule is COC(=O)c1ccc(Oc2ccc(Oc3cccc(O)c3)cc2)cc1.F[P-](F)(F)(F)(F)F.[CH]1[CH][CH][CH][CH]1.[Fe]. The minimum Gasteiger partial charge on any atom is -0.0312 e. The molecule has 0 heterocycles.